The number of rotatable bonds is 5. The molecule has 2 aromatic carbocycles. The lowest BCUT2D eigenvalue weighted by Crippen LogP contribution is -2.26. The third-order valence-corrected chi connectivity index (χ3v) is 3.14. The third kappa shape index (κ3) is 4.18. The monoisotopic (exact) mass is 338 g/mol. The molecule has 126 valence electrons. The predicted molar refractivity (Wildman–Crippen MR) is 79.7 cm³/mol. The molecule has 0 saturated heterocycles. The Bertz CT molecular complexity index is 746. The van der Waals surface area contributed by atoms with E-state index in [1.807, 2.05) is 0 Å². The number of benzene rings is 2. The van der Waals surface area contributed by atoms with Gasteiger partial charge in [0.1, 0.15) is 6.54 Å². The molecule has 2 aromatic rings. The molecule has 0 radical (unpaired) electrons. The van der Waals surface area contributed by atoms with Crippen molar-refractivity contribution in [2.45, 2.75) is 6.18 Å². The molecule has 0 bridgehead atoms. The van der Waals surface area contributed by atoms with E-state index in [9.17, 15) is 22.8 Å². The fourth-order valence-electron chi connectivity index (χ4n) is 2.03. The summed E-state index contributed by atoms with van der Waals surface area (Å²) in [7, 11) is 0. The van der Waals surface area contributed by atoms with Crippen molar-refractivity contribution in [3.05, 3.63) is 65.2 Å². The van der Waals surface area contributed by atoms with Crippen molar-refractivity contribution in [2.24, 2.45) is 0 Å². The van der Waals surface area contributed by atoms with Crippen LogP contribution in [-0.4, -0.2) is 23.4 Å². The zero-order valence-corrected chi connectivity index (χ0v) is 12.2. The smallest absolute Gasteiger partial charge is 0.324 e. The first kappa shape index (κ1) is 17.6. The lowest BCUT2D eigenvalue weighted by Gasteiger charge is -2.14. The van der Waals surface area contributed by atoms with Crippen molar-refractivity contribution >= 4 is 17.4 Å². The standard InChI is InChI=1S/C16H13F3N2O3/c17-16(18,19)11-6-7-13(21-14(22)9-20-24)12(8-11)15(23)10-4-2-1-3-5-10/h1-8,20,24H,9H2,(H,21,22). The number of hydroxylamine groups is 1. The average molecular weight is 338 g/mol. The van der Waals surface area contributed by atoms with Crippen molar-refractivity contribution in [3.63, 3.8) is 0 Å². The van der Waals surface area contributed by atoms with Crippen LogP contribution >= 0.6 is 0 Å². The van der Waals surface area contributed by atoms with Crippen LogP contribution in [0.25, 0.3) is 0 Å². The second kappa shape index (κ2) is 7.24. The molecule has 0 aliphatic carbocycles. The van der Waals surface area contributed by atoms with E-state index in [1.54, 1.807) is 23.7 Å². The summed E-state index contributed by atoms with van der Waals surface area (Å²) in [5, 5.41) is 10.8. The van der Waals surface area contributed by atoms with Crippen LogP contribution in [0, 0.1) is 0 Å². The van der Waals surface area contributed by atoms with Gasteiger partial charge in [0.05, 0.1) is 11.3 Å². The molecular formula is C16H13F3N2O3. The van der Waals surface area contributed by atoms with E-state index in [0.29, 0.717) is 6.07 Å². The highest BCUT2D eigenvalue weighted by atomic mass is 19.4. The van der Waals surface area contributed by atoms with Crippen LogP contribution in [-0.2, 0) is 11.0 Å². The summed E-state index contributed by atoms with van der Waals surface area (Å²) >= 11 is 0. The van der Waals surface area contributed by atoms with Gasteiger partial charge >= 0.3 is 6.18 Å². The zero-order valence-electron chi connectivity index (χ0n) is 12.2. The van der Waals surface area contributed by atoms with Crippen LogP contribution < -0.4 is 10.8 Å². The van der Waals surface area contributed by atoms with Gasteiger partial charge in [0.2, 0.25) is 5.91 Å². The van der Waals surface area contributed by atoms with Crippen LogP contribution in [0.5, 0.6) is 0 Å². The number of amides is 1. The van der Waals surface area contributed by atoms with Crippen LogP contribution in [0.2, 0.25) is 0 Å². The van der Waals surface area contributed by atoms with Crippen LogP contribution in [0.1, 0.15) is 21.5 Å². The number of anilines is 1. The zero-order chi connectivity index (χ0) is 17.7. The summed E-state index contributed by atoms with van der Waals surface area (Å²) in [6, 6.07) is 10.2. The Labute approximate surface area is 135 Å². The van der Waals surface area contributed by atoms with Gasteiger partial charge < -0.3 is 10.5 Å². The number of halogens is 3. The third-order valence-electron chi connectivity index (χ3n) is 3.14. The number of hydrogen-bond donors (Lipinski definition) is 3. The summed E-state index contributed by atoms with van der Waals surface area (Å²) in [4.78, 5) is 24.0. The van der Waals surface area contributed by atoms with Gasteiger partial charge in [-0.05, 0) is 18.2 Å². The highest BCUT2D eigenvalue weighted by Crippen LogP contribution is 2.32. The van der Waals surface area contributed by atoms with Gasteiger partial charge in [-0.1, -0.05) is 30.3 Å². The average Bonchev–Trinajstić information content (AvgIpc) is 2.54. The minimum atomic E-state index is -4.62. The van der Waals surface area contributed by atoms with Crippen molar-refractivity contribution in [1.82, 2.24) is 5.48 Å². The molecule has 0 unspecified atom stereocenters. The highest BCUT2D eigenvalue weighted by Gasteiger charge is 2.32. The summed E-state index contributed by atoms with van der Waals surface area (Å²) in [6.45, 7) is -0.472. The van der Waals surface area contributed by atoms with Gasteiger partial charge in [-0.2, -0.15) is 18.7 Å². The van der Waals surface area contributed by atoms with Crippen molar-refractivity contribution < 1.29 is 28.0 Å². The first-order valence-corrected chi connectivity index (χ1v) is 6.80. The second-order valence-corrected chi connectivity index (χ2v) is 4.84. The van der Waals surface area contributed by atoms with Gasteiger partial charge in [0.25, 0.3) is 0 Å². The molecule has 8 heteroatoms. The van der Waals surface area contributed by atoms with E-state index in [0.717, 1.165) is 12.1 Å². The summed E-state index contributed by atoms with van der Waals surface area (Å²) in [6.07, 6.45) is -4.62. The van der Waals surface area contributed by atoms with E-state index in [1.165, 1.54) is 12.1 Å². The van der Waals surface area contributed by atoms with E-state index in [2.05, 4.69) is 5.32 Å². The molecule has 0 aliphatic rings. The first-order valence-electron chi connectivity index (χ1n) is 6.80. The van der Waals surface area contributed by atoms with Gasteiger partial charge in [0, 0.05) is 11.1 Å². The van der Waals surface area contributed by atoms with Gasteiger partial charge in [0.15, 0.2) is 5.78 Å². The molecule has 5 nitrogen and oxygen atoms in total. The van der Waals surface area contributed by atoms with Crippen LogP contribution in [0.15, 0.2) is 48.5 Å². The van der Waals surface area contributed by atoms with E-state index < -0.39 is 30.0 Å². The molecule has 0 aliphatic heterocycles. The predicted octanol–water partition coefficient (Wildman–Crippen LogP) is 2.85. The maximum atomic E-state index is 12.9. The molecule has 0 atom stereocenters. The Kier molecular flexibility index (Phi) is 5.32. The summed E-state index contributed by atoms with van der Waals surface area (Å²) in [5.41, 5.74) is 0.453. The lowest BCUT2D eigenvalue weighted by atomic mass is 9.99. The number of carbonyl (C=O) groups excluding carboxylic acids is 2. The van der Waals surface area contributed by atoms with Crippen LogP contribution in [0.3, 0.4) is 0 Å². The Morgan fingerprint density at radius 2 is 1.71 bits per heavy atom. The van der Waals surface area contributed by atoms with E-state index in [4.69, 9.17) is 5.21 Å². The Balaban J connectivity index is 2.47. The second-order valence-electron chi connectivity index (χ2n) is 4.84. The summed E-state index contributed by atoms with van der Waals surface area (Å²) in [5.74, 6) is -1.37. The van der Waals surface area contributed by atoms with Crippen LogP contribution in [0.4, 0.5) is 18.9 Å². The maximum absolute atomic E-state index is 12.9. The first-order chi connectivity index (χ1) is 11.3. The largest absolute Gasteiger partial charge is 0.416 e. The van der Waals surface area contributed by atoms with Crippen molar-refractivity contribution in [3.8, 4) is 0 Å². The Morgan fingerprint density at radius 1 is 1.04 bits per heavy atom. The molecule has 0 aromatic heterocycles. The molecular weight excluding hydrogens is 325 g/mol. The van der Waals surface area contributed by atoms with Gasteiger partial charge in [-0.3, -0.25) is 9.59 Å². The van der Waals surface area contributed by atoms with E-state index >= 15 is 0 Å². The Hall–Kier alpha value is -2.71. The lowest BCUT2D eigenvalue weighted by molar-refractivity contribution is -0.137. The van der Waals surface area contributed by atoms with E-state index in [-0.39, 0.29) is 16.8 Å². The number of hydrogen-bond acceptors (Lipinski definition) is 4. The summed E-state index contributed by atoms with van der Waals surface area (Å²) < 4.78 is 38.7. The molecule has 0 spiro atoms. The molecule has 0 heterocycles. The maximum Gasteiger partial charge on any atom is 0.416 e. The number of alkyl halides is 3. The molecule has 0 fully saturated rings. The highest BCUT2D eigenvalue weighted by molar-refractivity contribution is 6.14. The molecule has 24 heavy (non-hydrogen) atoms. The number of ketones is 1. The molecule has 3 N–H and O–H groups in total. The fraction of sp³-hybridized carbons (Fsp3) is 0.125. The van der Waals surface area contributed by atoms with Gasteiger partial charge in [-0.15, -0.1) is 0 Å². The minimum absolute atomic E-state index is 0.0721. The van der Waals surface area contributed by atoms with Gasteiger partial charge in [-0.25, -0.2) is 0 Å². The minimum Gasteiger partial charge on any atom is -0.324 e. The molecule has 1 amide bonds. The molecule has 2 rings (SSSR count). The number of carbonyl (C=O) groups is 2. The SMILES string of the molecule is O=C(CNO)Nc1ccc(C(F)(F)F)cc1C(=O)c1ccccc1. The topological polar surface area (TPSA) is 78.4 Å². The normalized spacial score (nSPS) is 11.2. The fourth-order valence-corrected chi connectivity index (χ4v) is 2.03. The number of nitrogens with one attached hydrogen (secondary N) is 2. The van der Waals surface area contributed by atoms with Crippen molar-refractivity contribution in [2.75, 3.05) is 11.9 Å². The Morgan fingerprint density at radius 3 is 2.29 bits per heavy atom. The molecule has 0 saturated carbocycles. The van der Waals surface area contributed by atoms with Crippen molar-refractivity contribution in [1.29, 1.82) is 0 Å². The quantitative estimate of drug-likeness (QED) is 0.579.